The normalized spacial score (nSPS) is 12.0. The number of anilines is 2. The second-order valence-electron chi connectivity index (χ2n) is 5.59. The first kappa shape index (κ1) is 17.2. The lowest BCUT2D eigenvalue weighted by molar-refractivity contribution is -0.116. The molecule has 3 rings (SSSR count). The van der Waals surface area contributed by atoms with Crippen LogP contribution in [0.25, 0.3) is 0 Å². The lowest BCUT2D eigenvalue weighted by Crippen LogP contribution is -2.16. The van der Waals surface area contributed by atoms with Crippen LogP contribution in [-0.4, -0.2) is 26.4 Å². The maximum atomic E-state index is 12.2. The zero-order valence-corrected chi connectivity index (χ0v) is 14.8. The van der Waals surface area contributed by atoms with Crippen molar-refractivity contribution in [1.82, 2.24) is 0 Å². The lowest BCUT2D eigenvalue weighted by Gasteiger charge is -2.13. The van der Waals surface area contributed by atoms with Crippen molar-refractivity contribution >= 4 is 28.9 Å². The van der Waals surface area contributed by atoms with Gasteiger partial charge in [0.15, 0.2) is 11.5 Å². The number of rotatable bonds is 6. The molecule has 0 saturated carbocycles. The number of hydrogen-bond acceptors (Lipinski definition) is 5. The molecule has 1 heterocycles. The van der Waals surface area contributed by atoms with Gasteiger partial charge in [0.05, 0.1) is 12.8 Å². The summed E-state index contributed by atoms with van der Waals surface area (Å²) in [5.74, 6) is 1.85. The molecule has 0 aliphatic carbocycles. The largest absolute Gasteiger partial charge is 0.495 e. The fraction of sp³-hybridized carbons (Fsp3) is 0.278. The molecule has 0 saturated heterocycles. The van der Waals surface area contributed by atoms with E-state index in [1.807, 2.05) is 25.1 Å². The topological polar surface area (TPSA) is 68.8 Å². The standard InChI is InChI=1S/C18H19ClN2O4/c1-11-7-14(16(23-2)9-13(11)19)21-18(22)5-6-20-12-3-4-15-17(8-12)25-10-24-15/h3-4,7-9,20H,5-6,10H2,1-2H3,(H,21,22). The van der Waals surface area contributed by atoms with Crippen LogP contribution < -0.4 is 24.8 Å². The molecule has 0 fully saturated rings. The molecule has 0 radical (unpaired) electrons. The summed E-state index contributed by atoms with van der Waals surface area (Å²) in [6.07, 6.45) is 0.305. The monoisotopic (exact) mass is 362 g/mol. The number of halogens is 1. The Balaban J connectivity index is 1.54. The highest BCUT2D eigenvalue weighted by Crippen LogP contribution is 2.34. The molecule has 132 valence electrons. The van der Waals surface area contributed by atoms with Gasteiger partial charge in [-0.05, 0) is 30.7 Å². The Morgan fingerprint density at radius 2 is 2.04 bits per heavy atom. The highest BCUT2D eigenvalue weighted by molar-refractivity contribution is 6.31. The Kier molecular flexibility index (Phi) is 5.19. The molecule has 1 aliphatic heterocycles. The highest BCUT2D eigenvalue weighted by atomic mass is 35.5. The number of carbonyl (C=O) groups excluding carboxylic acids is 1. The molecule has 0 spiro atoms. The van der Waals surface area contributed by atoms with Crippen LogP contribution in [0.1, 0.15) is 12.0 Å². The van der Waals surface area contributed by atoms with Crippen LogP contribution in [0.5, 0.6) is 17.2 Å². The van der Waals surface area contributed by atoms with Crippen LogP contribution >= 0.6 is 11.6 Å². The molecule has 6 nitrogen and oxygen atoms in total. The number of benzene rings is 2. The predicted molar refractivity (Wildman–Crippen MR) is 97.0 cm³/mol. The third-order valence-corrected chi connectivity index (χ3v) is 4.22. The van der Waals surface area contributed by atoms with Gasteiger partial charge in [0.25, 0.3) is 0 Å². The highest BCUT2D eigenvalue weighted by Gasteiger charge is 2.13. The number of ether oxygens (including phenoxy) is 3. The Labute approximate surface area is 151 Å². The van der Waals surface area contributed by atoms with Crippen LogP contribution in [-0.2, 0) is 4.79 Å². The van der Waals surface area contributed by atoms with Gasteiger partial charge in [-0.2, -0.15) is 0 Å². The Morgan fingerprint density at radius 3 is 2.84 bits per heavy atom. The zero-order valence-electron chi connectivity index (χ0n) is 14.0. The maximum absolute atomic E-state index is 12.2. The number of nitrogens with one attached hydrogen (secondary N) is 2. The van der Waals surface area contributed by atoms with Gasteiger partial charge >= 0.3 is 0 Å². The van der Waals surface area contributed by atoms with E-state index in [9.17, 15) is 4.79 Å². The SMILES string of the molecule is COc1cc(Cl)c(C)cc1NC(=O)CCNc1ccc2c(c1)OCO2. The summed E-state index contributed by atoms with van der Waals surface area (Å²) in [7, 11) is 1.54. The molecule has 0 aromatic heterocycles. The molecular weight excluding hydrogens is 344 g/mol. The van der Waals surface area contributed by atoms with Crippen molar-refractivity contribution in [2.45, 2.75) is 13.3 Å². The first-order valence-corrected chi connectivity index (χ1v) is 8.22. The summed E-state index contributed by atoms with van der Waals surface area (Å²) in [6, 6.07) is 9.07. The van der Waals surface area contributed by atoms with Gasteiger partial charge in [0.2, 0.25) is 12.7 Å². The molecule has 25 heavy (non-hydrogen) atoms. The van der Waals surface area contributed by atoms with Crippen LogP contribution in [0.15, 0.2) is 30.3 Å². The lowest BCUT2D eigenvalue weighted by atomic mass is 10.2. The number of fused-ring (bicyclic) bond motifs is 1. The van der Waals surface area contributed by atoms with Gasteiger partial charge in [-0.15, -0.1) is 0 Å². The molecule has 0 atom stereocenters. The second kappa shape index (κ2) is 7.53. The minimum Gasteiger partial charge on any atom is -0.495 e. The van der Waals surface area contributed by atoms with Gasteiger partial charge in [-0.3, -0.25) is 4.79 Å². The van der Waals surface area contributed by atoms with Crippen molar-refractivity contribution in [3.8, 4) is 17.2 Å². The van der Waals surface area contributed by atoms with E-state index in [0.29, 0.717) is 35.2 Å². The summed E-state index contributed by atoms with van der Waals surface area (Å²) < 4.78 is 15.9. The van der Waals surface area contributed by atoms with E-state index in [-0.39, 0.29) is 12.7 Å². The van der Waals surface area contributed by atoms with Crippen molar-refractivity contribution < 1.29 is 19.0 Å². The minimum absolute atomic E-state index is 0.117. The van der Waals surface area contributed by atoms with E-state index in [1.54, 1.807) is 12.1 Å². The molecule has 2 N–H and O–H groups in total. The van der Waals surface area contributed by atoms with E-state index >= 15 is 0 Å². The van der Waals surface area contributed by atoms with Crippen LogP contribution in [0.2, 0.25) is 5.02 Å². The van der Waals surface area contributed by atoms with E-state index in [4.69, 9.17) is 25.8 Å². The third kappa shape index (κ3) is 4.09. The minimum atomic E-state index is -0.117. The number of amides is 1. The van der Waals surface area contributed by atoms with Gasteiger partial charge < -0.3 is 24.8 Å². The summed E-state index contributed by atoms with van der Waals surface area (Å²) in [5.41, 5.74) is 2.35. The predicted octanol–water partition coefficient (Wildman–Crippen LogP) is 3.83. The Bertz CT molecular complexity index is 795. The molecule has 1 aliphatic rings. The van der Waals surface area contributed by atoms with Crippen molar-refractivity contribution in [2.24, 2.45) is 0 Å². The van der Waals surface area contributed by atoms with Crippen LogP contribution in [0, 0.1) is 6.92 Å². The van der Waals surface area contributed by atoms with E-state index in [0.717, 1.165) is 17.0 Å². The number of methoxy groups -OCH3 is 1. The fourth-order valence-electron chi connectivity index (χ4n) is 2.47. The number of hydrogen-bond donors (Lipinski definition) is 2. The van der Waals surface area contributed by atoms with Crippen molar-refractivity contribution in [3.05, 3.63) is 40.9 Å². The Morgan fingerprint density at radius 1 is 1.24 bits per heavy atom. The smallest absolute Gasteiger partial charge is 0.231 e. The third-order valence-electron chi connectivity index (χ3n) is 3.81. The summed E-state index contributed by atoms with van der Waals surface area (Å²) in [5, 5.41) is 6.64. The summed E-state index contributed by atoms with van der Waals surface area (Å²) in [4.78, 5) is 12.2. The molecule has 7 heteroatoms. The van der Waals surface area contributed by atoms with Gasteiger partial charge in [0.1, 0.15) is 5.75 Å². The average molecular weight is 363 g/mol. The quantitative estimate of drug-likeness (QED) is 0.817. The zero-order chi connectivity index (χ0) is 17.8. The summed E-state index contributed by atoms with van der Waals surface area (Å²) >= 11 is 6.07. The van der Waals surface area contributed by atoms with Gasteiger partial charge in [-0.1, -0.05) is 11.6 Å². The second-order valence-corrected chi connectivity index (χ2v) is 6.00. The first-order valence-electron chi connectivity index (χ1n) is 7.84. The van der Waals surface area contributed by atoms with Crippen molar-refractivity contribution in [2.75, 3.05) is 31.1 Å². The molecule has 1 amide bonds. The van der Waals surface area contributed by atoms with E-state index in [2.05, 4.69) is 10.6 Å². The molecule has 0 unspecified atom stereocenters. The first-order chi connectivity index (χ1) is 12.1. The number of aryl methyl sites for hydroxylation is 1. The van der Waals surface area contributed by atoms with Gasteiger partial charge in [0, 0.05) is 35.8 Å². The van der Waals surface area contributed by atoms with E-state index < -0.39 is 0 Å². The summed E-state index contributed by atoms with van der Waals surface area (Å²) in [6.45, 7) is 2.60. The molecule has 0 bridgehead atoms. The Hall–Kier alpha value is -2.60. The average Bonchev–Trinajstić information content (AvgIpc) is 3.05. The van der Waals surface area contributed by atoms with Crippen LogP contribution in [0.4, 0.5) is 11.4 Å². The molecular formula is C18H19ClN2O4. The van der Waals surface area contributed by atoms with E-state index in [1.165, 1.54) is 7.11 Å². The fourth-order valence-corrected chi connectivity index (χ4v) is 2.62. The van der Waals surface area contributed by atoms with Crippen molar-refractivity contribution in [1.29, 1.82) is 0 Å². The molecule has 2 aromatic rings. The number of carbonyl (C=O) groups is 1. The maximum Gasteiger partial charge on any atom is 0.231 e. The van der Waals surface area contributed by atoms with Gasteiger partial charge in [-0.25, -0.2) is 0 Å². The molecule has 2 aromatic carbocycles. The van der Waals surface area contributed by atoms with Crippen LogP contribution in [0.3, 0.4) is 0 Å². The van der Waals surface area contributed by atoms with Crippen molar-refractivity contribution in [3.63, 3.8) is 0 Å².